The van der Waals surface area contributed by atoms with Gasteiger partial charge in [-0.1, -0.05) is 71.5 Å². The van der Waals surface area contributed by atoms with E-state index < -0.39 is 18.0 Å². The van der Waals surface area contributed by atoms with Gasteiger partial charge in [0.15, 0.2) is 11.4 Å². The SMILES string of the molecule is CCOC(=O)COc1ccc2ccccc2c1/C=c1\sc2n(c1=O)[C@@H](c1ccc(C)cc1)C(C(=O)OCC)=C(C)N=2. The van der Waals surface area contributed by atoms with E-state index in [4.69, 9.17) is 14.2 Å². The third-order valence-corrected chi connectivity index (χ3v) is 7.75. The lowest BCUT2D eigenvalue weighted by Gasteiger charge is -2.24. The van der Waals surface area contributed by atoms with Gasteiger partial charge in [0, 0.05) is 5.56 Å². The molecule has 0 amide bonds. The van der Waals surface area contributed by atoms with Crippen LogP contribution >= 0.6 is 11.3 Å². The van der Waals surface area contributed by atoms with E-state index in [-0.39, 0.29) is 25.4 Å². The Balaban J connectivity index is 1.71. The van der Waals surface area contributed by atoms with Crippen LogP contribution in [0.3, 0.4) is 0 Å². The maximum Gasteiger partial charge on any atom is 0.344 e. The van der Waals surface area contributed by atoms with Gasteiger partial charge in [-0.25, -0.2) is 14.6 Å². The zero-order chi connectivity index (χ0) is 29.1. The molecule has 1 aromatic heterocycles. The average Bonchev–Trinajstić information content (AvgIpc) is 3.26. The molecule has 210 valence electrons. The number of aryl methyl sites for hydroxylation is 1. The largest absolute Gasteiger partial charge is 0.481 e. The van der Waals surface area contributed by atoms with E-state index in [1.807, 2.05) is 61.5 Å². The van der Waals surface area contributed by atoms with E-state index >= 15 is 0 Å². The minimum Gasteiger partial charge on any atom is -0.481 e. The van der Waals surface area contributed by atoms with Gasteiger partial charge in [0.05, 0.1) is 35.1 Å². The Morgan fingerprint density at radius 1 is 0.976 bits per heavy atom. The molecule has 0 N–H and O–H groups in total. The second-order valence-corrected chi connectivity index (χ2v) is 10.5. The van der Waals surface area contributed by atoms with Crippen molar-refractivity contribution in [2.24, 2.45) is 4.99 Å². The van der Waals surface area contributed by atoms with Crippen molar-refractivity contribution in [3.63, 3.8) is 0 Å². The molecule has 9 heteroatoms. The molecule has 41 heavy (non-hydrogen) atoms. The average molecular weight is 571 g/mol. The zero-order valence-corrected chi connectivity index (χ0v) is 24.1. The summed E-state index contributed by atoms with van der Waals surface area (Å²) in [5, 5.41) is 1.81. The van der Waals surface area contributed by atoms with Crippen molar-refractivity contribution in [3.8, 4) is 5.75 Å². The standard InChI is InChI=1S/C32H30N2O6S/c1-5-38-27(35)18-40-25-16-15-21-9-7-8-10-23(21)24(25)17-26-30(36)34-29(22-13-11-19(3)12-14-22)28(31(37)39-6-2)20(4)33-32(34)41-26/h7-17,29H,5-6,18H2,1-4H3/b26-17-/t29-/m0/s1. The van der Waals surface area contributed by atoms with Crippen molar-refractivity contribution < 1.29 is 23.8 Å². The maximum atomic E-state index is 14.1. The summed E-state index contributed by atoms with van der Waals surface area (Å²) in [6.45, 7) is 7.42. The molecule has 4 aromatic rings. The van der Waals surface area contributed by atoms with Crippen molar-refractivity contribution in [3.05, 3.63) is 108 Å². The molecule has 0 bridgehead atoms. The highest BCUT2D eigenvalue weighted by Crippen LogP contribution is 2.32. The number of benzene rings is 3. The summed E-state index contributed by atoms with van der Waals surface area (Å²) in [6.07, 6.45) is 1.77. The van der Waals surface area contributed by atoms with Gasteiger partial charge in [0.25, 0.3) is 5.56 Å². The number of nitrogens with zero attached hydrogens (tertiary/aromatic N) is 2. The highest BCUT2D eigenvalue weighted by molar-refractivity contribution is 7.07. The van der Waals surface area contributed by atoms with Gasteiger partial charge in [-0.2, -0.15) is 0 Å². The number of aromatic nitrogens is 1. The van der Waals surface area contributed by atoms with Gasteiger partial charge < -0.3 is 14.2 Å². The molecule has 8 nitrogen and oxygen atoms in total. The monoisotopic (exact) mass is 570 g/mol. The van der Waals surface area contributed by atoms with Crippen LogP contribution in [0.1, 0.15) is 43.5 Å². The lowest BCUT2D eigenvalue weighted by Crippen LogP contribution is -2.39. The maximum absolute atomic E-state index is 14.1. The summed E-state index contributed by atoms with van der Waals surface area (Å²) in [4.78, 5) is 44.4. The number of carbonyl (C=O) groups is 2. The Morgan fingerprint density at radius 2 is 1.71 bits per heavy atom. The highest BCUT2D eigenvalue weighted by Gasteiger charge is 2.33. The van der Waals surface area contributed by atoms with Crippen LogP contribution in [0.4, 0.5) is 0 Å². The summed E-state index contributed by atoms with van der Waals surface area (Å²) >= 11 is 1.23. The number of ether oxygens (including phenoxy) is 3. The lowest BCUT2D eigenvalue weighted by molar-refractivity contribution is -0.145. The zero-order valence-electron chi connectivity index (χ0n) is 23.3. The topological polar surface area (TPSA) is 96.2 Å². The van der Waals surface area contributed by atoms with Gasteiger partial charge in [-0.15, -0.1) is 0 Å². The van der Waals surface area contributed by atoms with Gasteiger partial charge in [0.1, 0.15) is 5.75 Å². The summed E-state index contributed by atoms with van der Waals surface area (Å²) in [5.41, 5.74) is 3.04. The predicted octanol–water partition coefficient (Wildman–Crippen LogP) is 4.20. The fraction of sp³-hybridized carbons (Fsp3) is 0.250. The minimum absolute atomic E-state index is 0.205. The summed E-state index contributed by atoms with van der Waals surface area (Å²) in [5.74, 6) is -0.538. The quantitative estimate of drug-likeness (QED) is 0.295. The lowest BCUT2D eigenvalue weighted by atomic mass is 9.95. The molecule has 1 aliphatic rings. The number of esters is 2. The van der Waals surface area contributed by atoms with Gasteiger partial charge in [-0.3, -0.25) is 9.36 Å². The van der Waals surface area contributed by atoms with Gasteiger partial charge >= 0.3 is 11.9 Å². The van der Waals surface area contributed by atoms with E-state index in [1.54, 1.807) is 37.5 Å². The van der Waals surface area contributed by atoms with E-state index in [0.29, 0.717) is 31.9 Å². The molecule has 0 aliphatic carbocycles. The number of hydrogen-bond donors (Lipinski definition) is 0. The number of rotatable bonds is 8. The summed E-state index contributed by atoms with van der Waals surface area (Å²) in [6, 6.07) is 18.5. The Morgan fingerprint density at radius 3 is 2.44 bits per heavy atom. The number of hydrogen-bond acceptors (Lipinski definition) is 8. The highest BCUT2D eigenvalue weighted by atomic mass is 32.1. The first-order valence-electron chi connectivity index (χ1n) is 13.4. The van der Waals surface area contributed by atoms with Crippen molar-refractivity contribution in [1.29, 1.82) is 0 Å². The molecule has 3 aromatic carbocycles. The summed E-state index contributed by atoms with van der Waals surface area (Å²) in [7, 11) is 0. The van der Waals surface area contributed by atoms with E-state index in [2.05, 4.69) is 4.99 Å². The van der Waals surface area contributed by atoms with Crippen LogP contribution in [-0.2, 0) is 19.1 Å². The third-order valence-electron chi connectivity index (χ3n) is 6.77. The first kappa shape index (κ1) is 28.0. The van der Waals surface area contributed by atoms with Gasteiger partial charge in [0.2, 0.25) is 0 Å². The van der Waals surface area contributed by atoms with Crippen LogP contribution in [0.15, 0.2) is 81.7 Å². The summed E-state index contributed by atoms with van der Waals surface area (Å²) < 4.78 is 18.2. The van der Waals surface area contributed by atoms with Crippen molar-refractivity contribution >= 4 is 40.1 Å². The molecule has 0 saturated heterocycles. The first-order chi connectivity index (χ1) is 19.8. The molecule has 0 saturated carbocycles. The second-order valence-electron chi connectivity index (χ2n) is 9.51. The van der Waals surface area contributed by atoms with Crippen LogP contribution in [0.25, 0.3) is 16.8 Å². The fourth-order valence-electron chi connectivity index (χ4n) is 4.88. The number of carbonyl (C=O) groups excluding carboxylic acids is 2. The first-order valence-corrected chi connectivity index (χ1v) is 14.2. The molecule has 0 radical (unpaired) electrons. The Kier molecular flexibility index (Phi) is 8.16. The van der Waals surface area contributed by atoms with Crippen LogP contribution in [-0.4, -0.2) is 36.3 Å². The molecule has 1 aliphatic heterocycles. The fourth-order valence-corrected chi connectivity index (χ4v) is 5.90. The number of thiazole rings is 1. The normalized spacial score (nSPS) is 14.9. The molecule has 5 rings (SSSR count). The van der Waals surface area contributed by atoms with Gasteiger partial charge in [-0.05, 0) is 56.2 Å². The Labute approximate surface area is 240 Å². The molecule has 0 fully saturated rings. The molecule has 0 spiro atoms. The number of fused-ring (bicyclic) bond motifs is 2. The molecular weight excluding hydrogens is 540 g/mol. The smallest absolute Gasteiger partial charge is 0.344 e. The Bertz CT molecular complexity index is 1850. The number of allylic oxidation sites excluding steroid dienone is 1. The third kappa shape index (κ3) is 5.58. The van der Waals surface area contributed by atoms with Crippen molar-refractivity contribution in [1.82, 2.24) is 4.57 Å². The Hall–Kier alpha value is -4.50. The van der Waals surface area contributed by atoms with Crippen LogP contribution < -0.4 is 19.6 Å². The molecular formula is C32H30N2O6S. The van der Waals surface area contributed by atoms with Crippen LogP contribution in [0, 0.1) is 6.92 Å². The van der Waals surface area contributed by atoms with E-state index in [1.165, 1.54) is 11.3 Å². The molecule has 2 heterocycles. The van der Waals surface area contributed by atoms with E-state index in [0.717, 1.165) is 21.9 Å². The van der Waals surface area contributed by atoms with Crippen molar-refractivity contribution in [2.45, 2.75) is 33.7 Å². The molecule has 0 unspecified atom stereocenters. The van der Waals surface area contributed by atoms with E-state index in [9.17, 15) is 14.4 Å². The second kappa shape index (κ2) is 11.9. The van der Waals surface area contributed by atoms with Crippen LogP contribution in [0.5, 0.6) is 5.75 Å². The molecule has 1 atom stereocenters. The van der Waals surface area contributed by atoms with Crippen molar-refractivity contribution in [2.75, 3.05) is 19.8 Å². The minimum atomic E-state index is -0.694. The predicted molar refractivity (Wildman–Crippen MR) is 158 cm³/mol. The van der Waals surface area contributed by atoms with Crippen LogP contribution in [0.2, 0.25) is 0 Å².